The van der Waals surface area contributed by atoms with Crippen LogP contribution < -0.4 is 10.4 Å². The summed E-state index contributed by atoms with van der Waals surface area (Å²) in [5, 5.41) is 1.50. The minimum absolute atomic E-state index is 0.0192. The van der Waals surface area contributed by atoms with Gasteiger partial charge in [-0.3, -0.25) is 15.0 Å². The molecule has 2 amide bonds. The zero-order chi connectivity index (χ0) is 20.2. The predicted molar refractivity (Wildman–Crippen MR) is 114 cm³/mol. The number of benzene rings is 2. The van der Waals surface area contributed by atoms with Crippen LogP contribution in [-0.2, 0) is 16.0 Å². The van der Waals surface area contributed by atoms with Crippen molar-refractivity contribution in [1.29, 1.82) is 0 Å². The summed E-state index contributed by atoms with van der Waals surface area (Å²) in [4.78, 5) is 27.4. The summed E-state index contributed by atoms with van der Waals surface area (Å²) in [6.07, 6.45) is 5.03. The molecule has 0 radical (unpaired) electrons. The van der Waals surface area contributed by atoms with E-state index in [1.807, 2.05) is 42.2 Å². The number of hydrogen-bond donors (Lipinski definition) is 1. The lowest BCUT2D eigenvalue weighted by atomic mass is 9.90. The van der Waals surface area contributed by atoms with E-state index in [1.54, 1.807) is 6.08 Å². The first kappa shape index (κ1) is 19.2. The highest BCUT2D eigenvalue weighted by Gasteiger charge is 2.29. The number of anilines is 1. The van der Waals surface area contributed by atoms with Gasteiger partial charge in [-0.2, -0.15) is 0 Å². The predicted octanol–water partition coefficient (Wildman–Crippen LogP) is 3.60. The number of nitrogens with one attached hydrogen (secondary N) is 1. The summed E-state index contributed by atoms with van der Waals surface area (Å²) in [5.74, 6) is 0.534. The number of likely N-dealkylation sites (tertiary alicyclic amines) is 1. The first-order valence-electron chi connectivity index (χ1n) is 10.3. The molecule has 0 spiro atoms. The molecule has 0 atom stereocenters. The zero-order valence-corrected chi connectivity index (χ0v) is 16.8. The number of rotatable bonds is 4. The van der Waals surface area contributed by atoms with Crippen LogP contribution in [-0.4, -0.2) is 29.8 Å². The highest BCUT2D eigenvalue weighted by molar-refractivity contribution is 6.01. The zero-order valence-electron chi connectivity index (χ0n) is 16.8. The van der Waals surface area contributed by atoms with E-state index in [-0.39, 0.29) is 18.2 Å². The summed E-state index contributed by atoms with van der Waals surface area (Å²) in [6, 6.07) is 18.2. The van der Waals surface area contributed by atoms with Gasteiger partial charge in [0.05, 0.1) is 5.69 Å². The largest absolute Gasteiger partial charge is 0.337 e. The Bertz CT molecular complexity index is 915. The van der Waals surface area contributed by atoms with E-state index in [1.165, 1.54) is 10.6 Å². The molecule has 0 aliphatic carbocycles. The lowest BCUT2D eigenvalue weighted by Crippen LogP contribution is -2.50. The third kappa shape index (κ3) is 4.34. The van der Waals surface area contributed by atoms with Gasteiger partial charge in [-0.1, -0.05) is 48.5 Å². The van der Waals surface area contributed by atoms with Crippen molar-refractivity contribution in [2.24, 2.45) is 5.92 Å². The molecule has 0 unspecified atom stereocenters. The molecule has 0 aromatic heterocycles. The second kappa shape index (κ2) is 8.52. The average Bonchev–Trinajstić information content (AvgIpc) is 2.75. The van der Waals surface area contributed by atoms with Crippen LogP contribution in [0.3, 0.4) is 0 Å². The van der Waals surface area contributed by atoms with Crippen LogP contribution in [0.4, 0.5) is 5.69 Å². The molecule has 0 saturated carbocycles. The number of amides is 2. The SMILES string of the molecule is Cc1ccccc1N1NC(C(=O)N2CCC(Cc3ccccc3)CC2)=CCC1=O. The molecule has 29 heavy (non-hydrogen) atoms. The Kier molecular flexibility index (Phi) is 5.65. The maximum Gasteiger partial charge on any atom is 0.271 e. The lowest BCUT2D eigenvalue weighted by molar-refractivity contribution is -0.129. The van der Waals surface area contributed by atoms with Crippen molar-refractivity contribution in [3.63, 3.8) is 0 Å². The summed E-state index contributed by atoms with van der Waals surface area (Å²) in [7, 11) is 0. The molecule has 2 heterocycles. The molecule has 1 fully saturated rings. The molecule has 150 valence electrons. The van der Waals surface area contributed by atoms with E-state index in [0.29, 0.717) is 11.6 Å². The number of piperidine rings is 1. The summed E-state index contributed by atoms with van der Waals surface area (Å²) < 4.78 is 0. The van der Waals surface area contributed by atoms with E-state index < -0.39 is 0 Å². The van der Waals surface area contributed by atoms with Gasteiger partial charge in [0.15, 0.2) is 0 Å². The molecule has 1 N–H and O–H groups in total. The van der Waals surface area contributed by atoms with E-state index >= 15 is 0 Å². The van der Waals surface area contributed by atoms with Gasteiger partial charge < -0.3 is 4.90 Å². The highest BCUT2D eigenvalue weighted by Crippen LogP contribution is 2.25. The number of carbonyl (C=O) groups excluding carboxylic acids is 2. The van der Waals surface area contributed by atoms with Gasteiger partial charge in [-0.15, -0.1) is 0 Å². The van der Waals surface area contributed by atoms with Crippen LogP contribution in [0, 0.1) is 12.8 Å². The molecular weight excluding hydrogens is 362 g/mol. The van der Waals surface area contributed by atoms with Crippen LogP contribution in [0.1, 0.15) is 30.4 Å². The Morgan fingerprint density at radius 2 is 1.72 bits per heavy atom. The fourth-order valence-electron chi connectivity index (χ4n) is 4.11. The smallest absolute Gasteiger partial charge is 0.271 e. The molecule has 1 saturated heterocycles. The van der Waals surface area contributed by atoms with Crippen LogP contribution in [0.25, 0.3) is 0 Å². The van der Waals surface area contributed by atoms with Gasteiger partial charge in [0.2, 0.25) is 5.91 Å². The van der Waals surface area contributed by atoms with Gasteiger partial charge in [-0.05, 0) is 55.4 Å². The Hall–Kier alpha value is -3.08. The molecule has 4 rings (SSSR count). The van der Waals surface area contributed by atoms with E-state index in [0.717, 1.165) is 43.6 Å². The quantitative estimate of drug-likeness (QED) is 0.869. The highest BCUT2D eigenvalue weighted by atomic mass is 16.2. The molecule has 5 heteroatoms. The summed E-state index contributed by atoms with van der Waals surface area (Å²) in [5.41, 5.74) is 6.70. The fraction of sp³-hybridized carbons (Fsp3) is 0.333. The van der Waals surface area contributed by atoms with Gasteiger partial charge in [0.25, 0.3) is 5.91 Å². The maximum absolute atomic E-state index is 13.0. The fourth-order valence-corrected chi connectivity index (χ4v) is 4.11. The number of para-hydroxylation sites is 1. The molecule has 2 aromatic carbocycles. The summed E-state index contributed by atoms with van der Waals surface area (Å²) >= 11 is 0. The van der Waals surface area contributed by atoms with Crippen LogP contribution in [0.5, 0.6) is 0 Å². The van der Waals surface area contributed by atoms with Crippen molar-refractivity contribution in [1.82, 2.24) is 10.3 Å². The molecule has 2 aromatic rings. The number of aryl methyl sites for hydroxylation is 1. The first-order valence-corrected chi connectivity index (χ1v) is 10.3. The van der Waals surface area contributed by atoms with Crippen molar-refractivity contribution in [2.75, 3.05) is 18.1 Å². The first-order chi connectivity index (χ1) is 14.1. The van der Waals surface area contributed by atoms with Crippen molar-refractivity contribution < 1.29 is 9.59 Å². The van der Waals surface area contributed by atoms with Gasteiger partial charge >= 0.3 is 0 Å². The van der Waals surface area contributed by atoms with Crippen LogP contribution >= 0.6 is 0 Å². The van der Waals surface area contributed by atoms with E-state index in [4.69, 9.17) is 0 Å². The van der Waals surface area contributed by atoms with Gasteiger partial charge in [0.1, 0.15) is 5.70 Å². The average molecular weight is 389 g/mol. The third-order valence-electron chi connectivity index (χ3n) is 5.82. The monoisotopic (exact) mass is 389 g/mol. The van der Waals surface area contributed by atoms with Crippen molar-refractivity contribution >= 4 is 17.5 Å². The number of hydrogen-bond acceptors (Lipinski definition) is 3. The van der Waals surface area contributed by atoms with Gasteiger partial charge in [-0.25, -0.2) is 5.01 Å². The standard InChI is InChI=1S/C24H27N3O2/c1-18-7-5-6-10-22(18)27-23(28)12-11-21(25-27)24(29)26-15-13-20(14-16-26)17-19-8-3-2-4-9-19/h2-11,20,25H,12-17H2,1H3. The normalized spacial score (nSPS) is 17.7. The Balaban J connectivity index is 1.37. The van der Waals surface area contributed by atoms with Gasteiger partial charge in [0, 0.05) is 19.5 Å². The lowest BCUT2D eigenvalue weighted by Gasteiger charge is -2.35. The van der Waals surface area contributed by atoms with Crippen molar-refractivity contribution in [2.45, 2.75) is 32.6 Å². The van der Waals surface area contributed by atoms with Crippen LogP contribution in [0.15, 0.2) is 66.4 Å². The molecule has 2 aliphatic rings. The number of nitrogens with zero attached hydrogens (tertiary/aromatic N) is 2. The maximum atomic E-state index is 13.0. The van der Waals surface area contributed by atoms with Crippen LogP contribution in [0.2, 0.25) is 0 Å². The second-order valence-electron chi connectivity index (χ2n) is 7.87. The molecular formula is C24H27N3O2. The third-order valence-corrected chi connectivity index (χ3v) is 5.82. The van der Waals surface area contributed by atoms with Crippen molar-refractivity contribution in [3.8, 4) is 0 Å². The minimum Gasteiger partial charge on any atom is -0.337 e. The Morgan fingerprint density at radius 1 is 1.03 bits per heavy atom. The molecule has 5 nitrogen and oxygen atoms in total. The Morgan fingerprint density at radius 3 is 2.45 bits per heavy atom. The number of carbonyl (C=O) groups is 2. The Labute approximate surface area is 172 Å². The van der Waals surface area contributed by atoms with Crippen molar-refractivity contribution in [3.05, 3.63) is 77.5 Å². The molecule has 2 aliphatic heterocycles. The topological polar surface area (TPSA) is 52.7 Å². The molecule has 0 bridgehead atoms. The van der Waals surface area contributed by atoms with E-state index in [9.17, 15) is 9.59 Å². The summed E-state index contributed by atoms with van der Waals surface area (Å²) in [6.45, 7) is 3.48. The number of hydrazine groups is 1. The minimum atomic E-state index is -0.0579. The van der Waals surface area contributed by atoms with E-state index in [2.05, 4.69) is 29.7 Å². The second-order valence-corrected chi connectivity index (χ2v) is 7.87.